The van der Waals surface area contributed by atoms with E-state index in [1.807, 2.05) is 48.5 Å². The first-order chi connectivity index (χ1) is 12.2. The number of ether oxygens (including phenoxy) is 1. The van der Waals surface area contributed by atoms with Gasteiger partial charge >= 0.3 is 5.97 Å². The van der Waals surface area contributed by atoms with Crippen molar-refractivity contribution in [3.8, 4) is 17.1 Å². The first-order valence-corrected chi connectivity index (χ1v) is 8.59. The van der Waals surface area contributed by atoms with E-state index in [1.165, 1.54) is 0 Å². The number of nitrogens with zero attached hydrogens (tertiary/aromatic N) is 2. The summed E-state index contributed by atoms with van der Waals surface area (Å²) in [5.74, 6) is 0.529. The van der Waals surface area contributed by atoms with Crippen LogP contribution in [0.25, 0.3) is 22.4 Å². The van der Waals surface area contributed by atoms with Gasteiger partial charge < -0.3 is 14.4 Å². The predicted molar refractivity (Wildman–Crippen MR) is 97.8 cm³/mol. The third-order valence-electron chi connectivity index (χ3n) is 4.06. The van der Waals surface area contributed by atoms with Crippen LogP contribution < -0.4 is 4.74 Å². The van der Waals surface area contributed by atoms with Crippen molar-refractivity contribution in [2.75, 3.05) is 6.61 Å². The maximum Gasteiger partial charge on any atom is 0.323 e. The monoisotopic (exact) mass is 338 g/mol. The number of fused-ring (bicyclic) bond motifs is 1. The molecule has 5 heteroatoms. The van der Waals surface area contributed by atoms with Gasteiger partial charge in [0.25, 0.3) is 0 Å². The normalized spacial score (nSPS) is 10.9. The van der Waals surface area contributed by atoms with Crippen molar-refractivity contribution in [3.05, 3.63) is 48.5 Å². The van der Waals surface area contributed by atoms with Crippen molar-refractivity contribution in [1.82, 2.24) is 9.55 Å². The lowest BCUT2D eigenvalue weighted by molar-refractivity contribution is -0.137. The van der Waals surface area contributed by atoms with E-state index in [0.717, 1.165) is 41.6 Å². The molecular formula is C20H22N2O3. The Labute approximate surface area is 146 Å². The molecule has 0 bridgehead atoms. The molecular weight excluding hydrogens is 316 g/mol. The van der Waals surface area contributed by atoms with E-state index in [-0.39, 0.29) is 6.54 Å². The Morgan fingerprint density at radius 1 is 1.16 bits per heavy atom. The molecule has 2 aromatic carbocycles. The van der Waals surface area contributed by atoms with Gasteiger partial charge in [-0.1, -0.05) is 44.0 Å². The molecule has 0 unspecified atom stereocenters. The molecule has 0 radical (unpaired) electrons. The van der Waals surface area contributed by atoms with E-state index in [0.29, 0.717) is 12.4 Å². The van der Waals surface area contributed by atoms with Gasteiger partial charge in [0, 0.05) is 5.56 Å². The van der Waals surface area contributed by atoms with Gasteiger partial charge in [-0.15, -0.1) is 0 Å². The third kappa shape index (κ3) is 3.99. The Morgan fingerprint density at radius 2 is 2.00 bits per heavy atom. The van der Waals surface area contributed by atoms with Crippen LogP contribution in [0, 0.1) is 0 Å². The van der Waals surface area contributed by atoms with Gasteiger partial charge in [-0.3, -0.25) is 4.79 Å². The summed E-state index contributed by atoms with van der Waals surface area (Å²) in [4.78, 5) is 15.9. The van der Waals surface area contributed by atoms with Crippen LogP contribution in [-0.4, -0.2) is 27.2 Å². The van der Waals surface area contributed by atoms with Crippen molar-refractivity contribution < 1.29 is 14.6 Å². The third-order valence-corrected chi connectivity index (χ3v) is 4.06. The molecule has 0 atom stereocenters. The van der Waals surface area contributed by atoms with Crippen LogP contribution in [0.1, 0.15) is 26.2 Å². The highest BCUT2D eigenvalue weighted by atomic mass is 16.5. The van der Waals surface area contributed by atoms with Crippen molar-refractivity contribution >= 4 is 17.0 Å². The van der Waals surface area contributed by atoms with Gasteiger partial charge in [-0.2, -0.15) is 0 Å². The minimum absolute atomic E-state index is 0.128. The highest BCUT2D eigenvalue weighted by Crippen LogP contribution is 2.27. The molecule has 3 aromatic rings. The second-order valence-electron chi connectivity index (χ2n) is 5.99. The number of carboxylic acids is 1. The summed E-state index contributed by atoms with van der Waals surface area (Å²) in [6.45, 7) is 2.72. The lowest BCUT2D eigenvalue weighted by Crippen LogP contribution is -2.10. The Hall–Kier alpha value is -2.82. The van der Waals surface area contributed by atoms with Gasteiger partial charge in [-0.05, 0) is 30.7 Å². The van der Waals surface area contributed by atoms with Crippen molar-refractivity contribution in [2.24, 2.45) is 0 Å². The molecule has 0 saturated heterocycles. The SMILES string of the molecule is CCCCCOc1cccc(-c2nc3ccccc3n2CC(=O)O)c1. The molecule has 0 aliphatic heterocycles. The zero-order valence-corrected chi connectivity index (χ0v) is 14.3. The highest BCUT2D eigenvalue weighted by Gasteiger charge is 2.15. The zero-order chi connectivity index (χ0) is 17.6. The number of carbonyl (C=O) groups is 1. The maximum absolute atomic E-state index is 11.3. The van der Waals surface area contributed by atoms with E-state index >= 15 is 0 Å². The predicted octanol–water partition coefficient (Wildman–Crippen LogP) is 4.36. The van der Waals surface area contributed by atoms with Crippen LogP contribution in [0.5, 0.6) is 5.75 Å². The molecule has 1 aromatic heterocycles. The minimum atomic E-state index is -0.892. The number of para-hydroxylation sites is 2. The Balaban J connectivity index is 1.94. The summed E-state index contributed by atoms with van der Waals surface area (Å²) in [6.07, 6.45) is 3.33. The Morgan fingerprint density at radius 3 is 2.80 bits per heavy atom. The van der Waals surface area contributed by atoms with Crippen LogP contribution in [0.15, 0.2) is 48.5 Å². The van der Waals surface area contributed by atoms with Crippen molar-refractivity contribution in [2.45, 2.75) is 32.7 Å². The fraction of sp³-hybridized carbons (Fsp3) is 0.300. The first-order valence-electron chi connectivity index (χ1n) is 8.59. The molecule has 1 heterocycles. The number of aliphatic carboxylic acids is 1. The molecule has 0 aliphatic rings. The van der Waals surface area contributed by atoms with Crippen LogP contribution in [0.4, 0.5) is 0 Å². The zero-order valence-electron chi connectivity index (χ0n) is 14.3. The second-order valence-corrected chi connectivity index (χ2v) is 5.99. The molecule has 25 heavy (non-hydrogen) atoms. The summed E-state index contributed by atoms with van der Waals surface area (Å²) < 4.78 is 7.54. The number of benzene rings is 2. The van der Waals surface area contributed by atoms with Gasteiger partial charge in [0.15, 0.2) is 0 Å². The Bertz CT molecular complexity index is 870. The quantitative estimate of drug-likeness (QED) is 0.620. The number of hydrogen-bond acceptors (Lipinski definition) is 3. The Kier molecular flexibility index (Phi) is 5.33. The van der Waals surface area contributed by atoms with Crippen molar-refractivity contribution in [1.29, 1.82) is 0 Å². The number of carboxylic acid groups (broad SMARTS) is 1. The van der Waals surface area contributed by atoms with Gasteiger partial charge in [0.1, 0.15) is 18.1 Å². The molecule has 0 fully saturated rings. The van der Waals surface area contributed by atoms with E-state index < -0.39 is 5.97 Å². The highest BCUT2D eigenvalue weighted by molar-refractivity contribution is 5.83. The van der Waals surface area contributed by atoms with Gasteiger partial charge in [0.2, 0.25) is 0 Å². The van der Waals surface area contributed by atoms with E-state index in [9.17, 15) is 9.90 Å². The lowest BCUT2D eigenvalue weighted by Gasteiger charge is -2.09. The summed E-state index contributed by atoms with van der Waals surface area (Å²) >= 11 is 0. The summed E-state index contributed by atoms with van der Waals surface area (Å²) in [6, 6.07) is 15.2. The topological polar surface area (TPSA) is 64.4 Å². The molecule has 0 amide bonds. The van der Waals surface area contributed by atoms with Crippen LogP contribution in [-0.2, 0) is 11.3 Å². The molecule has 1 N–H and O–H groups in total. The molecule has 3 rings (SSSR count). The fourth-order valence-electron chi connectivity index (χ4n) is 2.86. The fourth-order valence-corrected chi connectivity index (χ4v) is 2.86. The summed E-state index contributed by atoms with van der Waals surface area (Å²) in [5, 5.41) is 9.26. The first kappa shape index (κ1) is 17.0. The number of unbranched alkanes of at least 4 members (excludes halogenated alkanes) is 2. The van der Waals surface area contributed by atoms with Gasteiger partial charge in [-0.25, -0.2) is 4.98 Å². The van der Waals surface area contributed by atoms with E-state index in [4.69, 9.17) is 4.74 Å². The van der Waals surface area contributed by atoms with Crippen molar-refractivity contribution in [3.63, 3.8) is 0 Å². The molecule has 0 aliphatic carbocycles. The summed E-state index contributed by atoms with van der Waals surface area (Å²) in [7, 11) is 0. The molecule has 5 nitrogen and oxygen atoms in total. The van der Waals surface area contributed by atoms with E-state index in [1.54, 1.807) is 4.57 Å². The van der Waals surface area contributed by atoms with Crippen LogP contribution in [0.3, 0.4) is 0 Å². The average molecular weight is 338 g/mol. The minimum Gasteiger partial charge on any atom is -0.494 e. The van der Waals surface area contributed by atoms with Gasteiger partial charge in [0.05, 0.1) is 17.6 Å². The number of rotatable bonds is 8. The number of hydrogen-bond donors (Lipinski definition) is 1. The largest absolute Gasteiger partial charge is 0.494 e. The van der Waals surface area contributed by atoms with Crippen LogP contribution >= 0.6 is 0 Å². The molecule has 0 spiro atoms. The molecule has 0 saturated carbocycles. The maximum atomic E-state index is 11.3. The second kappa shape index (κ2) is 7.83. The number of imidazole rings is 1. The number of aromatic nitrogens is 2. The lowest BCUT2D eigenvalue weighted by atomic mass is 10.2. The summed E-state index contributed by atoms with van der Waals surface area (Å²) in [5.41, 5.74) is 2.45. The van der Waals surface area contributed by atoms with E-state index in [2.05, 4.69) is 11.9 Å². The van der Waals surface area contributed by atoms with Crippen LogP contribution in [0.2, 0.25) is 0 Å². The smallest absolute Gasteiger partial charge is 0.323 e. The standard InChI is InChI=1S/C20H22N2O3/c1-2-3-6-12-25-16-9-7-8-15(13-16)20-21-17-10-4-5-11-18(17)22(20)14-19(23)24/h4-5,7-11,13H,2-3,6,12,14H2,1H3,(H,23,24). The molecule has 130 valence electrons. The average Bonchev–Trinajstić information content (AvgIpc) is 2.97.